The number of Topliss-reactive ketones (excluding diaryl/α,β-unsaturated/α-hetero) is 1. The van der Waals surface area contributed by atoms with Gasteiger partial charge in [-0.15, -0.1) is 10.2 Å². The van der Waals surface area contributed by atoms with Gasteiger partial charge in [-0.25, -0.2) is 18.6 Å². The fraction of sp³-hybridized carbons (Fsp3) is 0.0652. The maximum atomic E-state index is 12.1. The number of anilines is 1. The molecule has 1 aliphatic heterocycles. The van der Waals surface area contributed by atoms with Crippen LogP contribution in [0.25, 0.3) is 39.3 Å². The molecule has 8 nitrogen and oxygen atoms in total. The van der Waals surface area contributed by atoms with Gasteiger partial charge in [-0.1, -0.05) is 109 Å². The second-order valence-corrected chi connectivity index (χ2v) is 13.8. The Morgan fingerprint density at radius 1 is 0.582 bits per heavy atom. The topological polar surface area (TPSA) is 129 Å². The van der Waals surface area contributed by atoms with Gasteiger partial charge in [0.2, 0.25) is 17.1 Å². The molecular weight excluding hydrogens is 710 g/mol. The summed E-state index contributed by atoms with van der Waals surface area (Å²) in [7, 11) is -4.94. The van der Waals surface area contributed by atoms with E-state index in [1.807, 2.05) is 42.5 Å². The first-order valence-corrected chi connectivity index (χ1v) is 18.9. The van der Waals surface area contributed by atoms with Crippen LogP contribution in [0.5, 0.6) is 0 Å². The highest BCUT2D eigenvalue weighted by molar-refractivity contribution is 6.03. The van der Waals surface area contributed by atoms with Crippen LogP contribution in [0.1, 0.15) is 40.9 Å². The average molecular weight is 746 g/mol. The smallest absolute Gasteiger partial charge is 0.219 e. The summed E-state index contributed by atoms with van der Waals surface area (Å²) in [5.74, 6) is 0.0536. The van der Waals surface area contributed by atoms with Gasteiger partial charge < -0.3 is 0 Å². The lowest BCUT2D eigenvalue weighted by Crippen LogP contribution is -2.68. The maximum Gasteiger partial charge on any atom is 0.219 e. The minimum atomic E-state index is -4.94. The lowest BCUT2D eigenvalue weighted by atomic mass is 9.97. The molecule has 0 radical (unpaired) electrons. The van der Waals surface area contributed by atoms with Crippen LogP contribution in [-0.2, 0) is 0 Å². The highest BCUT2D eigenvalue weighted by Gasteiger charge is 2.30. The van der Waals surface area contributed by atoms with E-state index in [9.17, 15) is 4.79 Å². The summed E-state index contributed by atoms with van der Waals surface area (Å²) < 4.78 is 36.3. The Labute approximate surface area is 321 Å². The molecule has 0 amide bonds. The third kappa shape index (κ3) is 8.93. The van der Waals surface area contributed by atoms with Crippen LogP contribution in [0.2, 0.25) is 0 Å². The number of carbonyl (C=O) groups is 1. The number of hydrogen-bond donors (Lipinski definition) is 0. The van der Waals surface area contributed by atoms with Crippen LogP contribution < -0.4 is 28.2 Å². The Bertz CT molecular complexity index is 2340. The molecule has 1 atom stereocenters. The number of halogens is 1. The van der Waals surface area contributed by atoms with Gasteiger partial charge in [-0.05, 0) is 77.7 Å². The van der Waals surface area contributed by atoms with Crippen molar-refractivity contribution in [2.24, 2.45) is 5.10 Å². The van der Waals surface area contributed by atoms with E-state index >= 15 is 0 Å². The number of rotatable bonds is 8. The fourth-order valence-electron chi connectivity index (χ4n) is 6.82. The molecule has 7 aromatic rings. The first-order valence-electron chi connectivity index (χ1n) is 17.6. The number of benzene rings is 6. The molecule has 8 rings (SSSR count). The zero-order chi connectivity index (χ0) is 38.4. The van der Waals surface area contributed by atoms with Gasteiger partial charge in [0.15, 0.2) is 5.78 Å². The maximum absolute atomic E-state index is 12.1. The third-order valence-corrected chi connectivity index (χ3v) is 9.40. The van der Waals surface area contributed by atoms with Crippen LogP contribution in [-0.4, -0.2) is 11.5 Å². The predicted octanol–water partition coefficient (Wildman–Crippen LogP) is 5.77. The summed E-state index contributed by atoms with van der Waals surface area (Å²) in [6.07, 6.45) is 0.836. The van der Waals surface area contributed by atoms with Gasteiger partial charge in [0, 0.05) is 47.4 Å². The molecule has 9 heteroatoms. The standard InChI is InChI=1S/C46H36N3O.ClHO4/c1-33(50)34-22-26-41(27-23-34)48-44(37-16-8-3-9-17-37)30-40(31-45(48)38-18-10-4-11-19-38)35-24-28-42(29-25-35)49-46(39-20-12-5-13-21-39)32-43(47-49)36-14-6-2-7-15-36;2-1(3,4)5/h2-31,46H,32H2,1H3;(H,2,3,4,5)/q+1;/p-1. The Hall–Kier alpha value is -6.26. The summed E-state index contributed by atoms with van der Waals surface area (Å²) in [5.41, 5.74) is 12.8. The molecule has 1 aromatic heterocycles. The van der Waals surface area contributed by atoms with Crippen LogP contribution in [0.15, 0.2) is 187 Å². The van der Waals surface area contributed by atoms with Crippen LogP contribution in [0, 0.1) is 10.2 Å². The van der Waals surface area contributed by atoms with Crippen molar-refractivity contribution >= 4 is 17.2 Å². The van der Waals surface area contributed by atoms with E-state index in [1.165, 1.54) is 5.56 Å². The van der Waals surface area contributed by atoms with Crippen LogP contribution in [0.4, 0.5) is 5.69 Å². The van der Waals surface area contributed by atoms with Crippen molar-refractivity contribution in [3.05, 3.63) is 199 Å². The summed E-state index contributed by atoms with van der Waals surface area (Å²) in [5, 5.41) is 7.36. The van der Waals surface area contributed by atoms with E-state index in [0.29, 0.717) is 5.56 Å². The molecule has 6 aromatic carbocycles. The zero-order valence-electron chi connectivity index (χ0n) is 29.9. The first-order chi connectivity index (χ1) is 26.6. The quantitative estimate of drug-likeness (QED) is 0.144. The van der Waals surface area contributed by atoms with Crippen molar-refractivity contribution in [2.75, 3.05) is 5.01 Å². The van der Waals surface area contributed by atoms with Crippen molar-refractivity contribution in [2.45, 2.75) is 19.4 Å². The minimum absolute atomic E-state index is 0.0536. The number of ketones is 1. The van der Waals surface area contributed by atoms with E-state index in [4.69, 9.17) is 23.7 Å². The van der Waals surface area contributed by atoms with Crippen molar-refractivity contribution in [1.29, 1.82) is 0 Å². The molecule has 1 unspecified atom stereocenters. The Kier molecular flexibility index (Phi) is 11.1. The van der Waals surface area contributed by atoms with Gasteiger partial charge in [0.25, 0.3) is 0 Å². The molecule has 0 saturated carbocycles. The SMILES string of the molecule is CC(=O)c1ccc(-[n+]2c(-c3ccccc3)cc(-c3ccc(N4N=C(c5ccccc5)CC4c4ccccc4)cc3)cc2-c2ccccc2)cc1.[O-][Cl+3]([O-])([O-])[O-]. The van der Waals surface area contributed by atoms with E-state index in [2.05, 4.69) is 149 Å². The molecule has 1 aliphatic rings. The number of hydrazone groups is 1. The van der Waals surface area contributed by atoms with Gasteiger partial charge in [0.1, 0.15) is 0 Å². The molecule has 0 aliphatic carbocycles. The number of nitrogens with zero attached hydrogens (tertiary/aromatic N) is 3. The molecule has 0 fully saturated rings. The van der Waals surface area contributed by atoms with Gasteiger partial charge in [-0.2, -0.15) is 9.67 Å². The van der Waals surface area contributed by atoms with Gasteiger partial charge in [-0.3, -0.25) is 9.80 Å². The van der Waals surface area contributed by atoms with E-state index in [-0.39, 0.29) is 11.8 Å². The highest BCUT2D eigenvalue weighted by atomic mass is 35.7. The molecule has 0 spiro atoms. The molecule has 0 N–H and O–H groups in total. The van der Waals surface area contributed by atoms with Crippen molar-refractivity contribution in [1.82, 2.24) is 0 Å². The summed E-state index contributed by atoms with van der Waals surface area (Å²) in [6, 6.07) is 63.4. The fourth-order valence-corrected chi connectivity index (χ4v) is 6.82. The monoisotopic (exact) mass is 745 g/mol. The van der Waals surface area contributed by atoms with E-state index < -0.39 is 10.2 Å². The molecule has 55 heavy (non-hydrogen) atoms. The second kappa shape index (κ2) is 16.4. The predicted molar refractivity (Wildman–Crippen MR) is 204 cm³/mol. The molecule has 0 bridgehead atoms. The summed E-state index contributed by atoms with van der Waals surface area (Å²) in [4.78, 5) is 12.1. The average Bonchev–Trinajstić information content (AvgIpc) is 3.67. The number of pyridine rings is 1. The van der Waals surface area contributed by atoms with Gasteiger partial charge in [0.05, 0.1) is 17.4 Å². The van der Waals surface area contributed by atoms with Crippen molar-refractivity contribution in [3.8, 4) is 39.3 Å². The molecule has 0 saturated heterocycles. The second-order valence-electron chi connectivity index (χ2n) is 13.0. The zero-order valence-corrected chi connectivity index (χ0v) is 30.6. The molecule has 272 valence electrons. The first kappa shape index (κ1) is 37.1. The van der Waals surface area contributed by atoms with Crippen LogP contribution >= 0.6 is 0 Å². The van der Waals surface area contributed by atoms with E-state index in [1.54, 1.807) is 6.92 Å². The lowest BCUT2D eigenvalue weighted by molar-refractivity contribution is -2.00. The number of hydrogen-bond acceptors (Lipinski definition) is 7. The molecular formula is C46H36ClN3O5. The molecule has 2 heterocycles. The van der Waals surface area contributed by atoms with E-state index in [0.717, 1.165) is 62.7 Å². The Morgan fingerprint density at radius 2 is 1.04 bits per heavy atom. The number of carbonyl (C=O) groups excluding carboxylic acids is 1. The Balaban J connectivity index is 0.000000875. The van der Waals surface area contributed by atoms with Gasteiger partial charge >= 0.3 is 0 Å². The third-order valence-electron chi connectivity index (χ3n) is 9.40. The van der Waals surface area contributed by atoms with Crippen molar-refractivity contribution in [3.63, 3.8) is 0 Å². The number of aromatic nitrogens is 1. The summed E-state index contributed by atoms with van der Waals surface area (Å²) in [6.45, 7) is 1.60. The van der Waals surface area contributed by atoms with Crippen molar-refractivity contribution < 1.29 is 38.2 Å². The lowest BCUT2D eigenvalue weighted by Gasteiger charge is -2.24. The Morgan fingerprint density at radius 3 is 1.51 bits per heavy atom. The summed E-state index contributed by atoms with van der Waals surface area (Å²) >= 11 is 0. The minimum Gasteiger partial charge on any atom is -0.295 e. The van der Waals surface area contributed by atoms with Crippen LogP contribution in [0.3, 0.4) is 0 Å². The largest absolute Gasteiger partial charge is 0.295 e. The highest BCUT2D eigenvalue weighted by Crippen LogP contribution is 2.38. The normalized spacial score (nSPS) is 13.8.